The van der Waals surface area contributed by atoms with Crippen molar-refractivity contribution in [1.82, 2.24) is 10.6 Å². The first kappa shape index (κ1) is 13.5. The fourth-order valence-corrected chi connectivity index (χ4v) is 2.13. The zero-order valence-electron chi connectivity index (χ0n) is 10.7. The summed E-state index contributed by atoms with van der Waals surface area (Å²) in [6, 6.07) is 0. The second-order valence-corrected chi connectivity index (χ2v) is 5.30. The Kier molecular flexibility index (Phi) is 6.46. The Balaban J connectivity index is 1.93. The van der Waals surface area contributed by atoms with E-state index in [1.54, 1.807) is 0 Å². The monoisotopic (exact) mass is 226 g/mol. The van der Waals surface area contributed by atoms with Crippen LogP contribution in [0.1, 0.15) is 46.0 Å². The first-order valence-corrected chi connectivity index (χ1v) is 6.66. The molecule has 1 unspecified atom stereocenters. The zero-order chi connectivity index (χ0) is 11.8. The lowest BCUT2D eigenvalue weighted by Gasteiger charge is -2.09. The largest absolute Gasteiger partial charge is 0.356 e. The van der Waals surface area contributed by atoms with Gasteiger partial charge in [0.1, 0.15) is 0 Å². The highest BCUT2D eigenvalue weighted by atomic mass is 16.1. The maximum atomic E-state index is 11.6. The number of carbonyl (C=O) groups excluding carboxylic acids is 1. The van der Waals surface area contributed by atoms with Gasteiger partial charge in [0.15, 0.2) is 0 Å². The van der Waals surface area contributed by atoms with Gasteiger partial charge in [0.2, 0.25) is 5.91 Å². The molecule has 94 valence electrons. The highest BCUT2D eigenvalue weighted by molar-refractivity contribution is 5.76. The van der Waals surface area contributed by atoms with Crippen LogP contribution in [0.25, 0.3) is 0 Å². The van der Waals surface area contributed by atoms with Crippen LogP contribution in [0, 0.1) is 11.8 Å². The molecule has 1 rings (SSSR count). The average molecular weight is 226 g/mol. The van der Waals surface area contributed by atoms with Gasteiger partial charge < -0.3 is 10.6 Å². The molecule has 0 spiro atoms. The van der Waals surface area contributed by atoms with Gasteiger partial charge in [-0.15, -0.1) is 0 Å². The molecule has 1 amide bonds. The van der Waals surface area contributed by atoms with Gasteiger partial charge in [-0.25, -0.2) is 0 Å². The highest BCUT2D eigenvalue weighted by Crippen LogP contribution is 2.11. The van der Waals surface area contributed by atoms with Gasteiger partial charge in [0.05, 0.1) is 0 Å². The second-order valence-electron chi connectivity index (χ2n) is 5.30. The van der Waals surface area contributed by atoms with Crippen LogP contribution in [0.15, 0.2) is 0 Å². The maximum absolute atomic E-state index is 11.6. The fraction of sp³-hybridized carbons (Fsp3) is 0.923. The number of hydrogen-bond donors (Lipinski definition) is 2. The third-order valence-electron chi connectivity index (χ3n) is 3.17. The molecular formula is C13H26N2O. The molecule has 0 aromatic carbocycles. The quantitative estimate of drug-likeness (QED) is 0.651. The van der Waals surface area contributed by atoms with Crippen LogP contribution >= 0.6 is 0 Å². The Morgan fingerprint density at radius 3 is 2.88 bits per heavy atom. The molecule has 3 nitrogen and oxygen atoms in total. The number of hydrogen-bond acceptors (Lipinski definition) is 2. The Morgan fingerprint density at radius 1 is 1.44 bits per heavy atom. The van der Waals surface area contributed by atoms with Crippen molar-refractivity contribution in [3.63, 3.8) is 0 Å². The van der Waals surface area contributed by atoms with Gasteiger partial charge in [-0.1, -0.05) is 26.7 Å². The predicted molar refractivity (Wildman–Crippen MR) is 67.3 cm³/mol. The van der Waals surface area contributed by atoms with E-state index in [9.17, 15) is 4.79 Å². The average Bonchev–Trinajstić information content (AvgIpc) is 2.69. The molecule has 1 saturated heterocycles. The van der Waals surface area contributed by atoms with Crippen molar-refractivity contribution in [1.29, 1.82) is 0 Å². The van der Waals surface area contributed by atoms with Crippen LogP contribution in [0.5, 0.6) is 0 Å². The summed E-state index contributed by atoms with van der Waals surface area (Å²) in [4.78, 5) is 11.6. The molecule has 0 aliphatic carbocycles. The van der Waals surface area contributed by atoms with E-state index in [2.05, 4.69) is 24.5 Å². The standard InChI is InChI=1S/C13H26N2O/c1-11(2)5-3-4-7-15-13(16)9-12-6-8-14-10-12/h11-12,14H,3-10H2,1-2H3,(H,15,16). The van der Waals surface area contributed by atoms with Gasteiger partial charge in [-0.2, -0.15) is 0 Å². The third kappa shape index (κ3) is 6.11. The van der Waals surface area contributed by atoms with Gasteiger partial charge in [-0.05, 0) is 37.8 Å². The topological polar surface area (TPSA) is 41.1 Å². The summed E-state index contributed by atoms with van der Waals surface area (Å²) in [5, 5.41) is 6.30. The first-order valence-electron chi connectivity index (χ1n) is 6.66. The van der Waals surface area contributed by atoms with E-state index in [4.69, 9.17) is 0 Å². The lowest BCUT2D eigenvalue weighted by Crippen LogP contribution is -2.27. The Labute approximate surface area is 99.4 Å². The molecule has 16 heavy (non-hydrogen) atoms. The number of unbranched alkanes of at least 4 members (excludes halogenated alkanes) is 1. The smallest absolute Gasteiger partial charge is 0.220 e. The molecule has 0 aromatic heterocycles. The third-order valence-corrected chi connectivity index (χ3v) is 3.17. The van der Waals surface area contributed by atoms with E-state index in [-0.39, 0.29) is 5.91 Å². The molecule has 1 heterocycles. The molecule has 0 radical (unpaired) electrons. The van der Waals surface area contributed by atoms with E-state index in [1.165, 1.54) is 12.8 Å². The SMILES string of the molecule is CC(C)CCCCNC(=O)CC1CCNC1. The summed E-state index contributed by atoms with van der Waals surface area (Å²) in [6.45, 7) is 7.43. The number of amides is 1. The minimum Gasteiger partial charge on any atom is -0.356 e. The Hall–Kier alpha value is -0.570. The van der Waals surface area contributed by atoms with Crippen molar-refractivity contribution in [3.8, 4) is 0 Å². The van der Waals surface area contributed by atoms with Crippen molar-refractivity contribution in [2.45, 2.75) is 46.0 Å². The second kappa shape index (κ2) is 7.66. The molecule has 3 heteroatoms. The molecule has 0 bridgehead atoms. The predicted octanol–water partition coefficient (Wildman–Crippen LogP) is 1.93. The van der Waals surface area contributed by atoms with Crippen molar-refractivity contribution < 1.29 is 4.79 Å². The molecule has 1 atom stereocenters. The highest BCUT2D eigenvalue weighted by Gasteiger charge is 2.17. The minimum atomic E-state index is 0.234. The number of rotatable bonds is 7. The molecule has 0 aromatic rings. The summed E-state index contributed by atoms with van der Waals surface area (Å²) in [7, 11) is 0. The van der Waals surface area contributed by atoms with E-state index in [0.29, 0.717) is 12.3 Å². The van der Waals surface area contributed by atoms with Crippen molar-refractivity contribution in [2.75, 3.05) is 19.6 Å². The Bertz CT molecular complexity index is 198. The molecule has 2 N–H and O–H groups in total. The molecule has 1 fully saturated rings. The van der Waals surface area contributed by atoms with Gasteiger partial charge in [0, 0.05) is 13.0 Å². The molecule has 1 aliphatic heterocycles. The van der Waals surface area contributed by atoms with Crippen LogP contribution in [-0.4, -0.2) is 25.5 Å². The fourth-order valence-electron chi connectivity index (χ4n) is 2.13. The Morgan fingerprint density at radius 2 is 2.25 bits per heavy atom. The van der Waals surface area contributed by atoms with Crippen LogP contribution in [0.2, 0.25) is 0 Å². The minimum absolute atomic E-state index is 0.234. The molecule has 0 saturated carbocycles. The van der Waals surface area contributed by atoms with Crippen LogP contribution < -0.4 is 10.6 Å². The lowest BCUT2D eigenvalue weighted by molar-refractivity contribution is -0.121. The van der Waals surface area contributed by atoms with Crippen molar-refractivity contribution in [3.05, 3.63) is 0 Å². The summed E-state index contributed by atoms with van der Waals surface area (Å²) < 4.78 is 0. The van der Waals surface area contributed by atoms with Gasteiger partial charge in [-0.3, -0.25) is 4.79 Å². The van der Waals surface area contributed by atoms with E-state index >= 15 is 0 Å². The summed E-state index contributed by atoms with van der Waals surface area (Å²) in [5.74, 6) is 1.58. The first-order chi connectivity index (χ1) is 7.68. The van der Waals surface area contributed by atoms with E-state index in [0.717, 1.165) is 38.4 Å². The normalized spacial score (nSPS) is 20.3. The van der Waals surface area contributed by atoms with Crippen molar-refractivity contribution in [2.24, 2.45) is 11.8 Å². The van der Waals surface area contributed by atoms with Crippen LogP contribution in [-0.2, 0) is 4.79 Å². The number of nitrogens with one attached hydrogen (secondary N) is 2. The van der Waals surface area contributed by atoms with Gasteiger partial charge in [0.25, 0.3) is 0 Å². The molecular weight excluding hydrogens is 200 g/mol. The van der Waals surface area contributed by atoms with Crippen LogP contribution in [0.3, 0.4) is 0 Å². The molecule has 1 aliphatic rings. The summed E-state index contributed by atoms with van der Waals surface area (Å²) in [5.41, 5.74) is 0. The van der Waals surface area contributed by atoms with Crippen LogP contribution in [0.4, 0.5) is 0 Å². The van der Waals surface area contributed by atoms with Gasteiger partial charge >= 0.3 is 0 Å². The lowest BCUT2D eigenvalue weighted by atomic mass is 10.0. The number of carbonyl (C=O) groups is 1. The zero-order valence-corrected chi connectivity index (χ0v) is 10.7. The van der Waals surface area contributed by atoms with Crippen molar-refractivity contribution >= 4 is 5.91 Å². The summed E-state index contributed by atoms with van der Waals surface area (Å²) in [6.07, 6.45) is 5.47. The maximum Gasteiger partial charge on any atom is 0.220 e. The summed E-state index contributed by atoms with van der Waals surface area (Å²) >= 11 is 0. The van der Waals surface area contributed by atoms with E-state index in [1.807, 2.05) is 0 Å². The van der Waals surface area contributed by atoms with E-state index < -0.39 is 0 Å².